The van der Waals surface area contributed by atoms with E-state index in [4.69, 9.17) is 4.74 Å². The standard InChI is InChI=1S/C21H21N5O/c1-14-17-6-4-5-7-18(17)23-20(14)13-26(2)21-24-19(12-22-25-21)15-8-10-16(27-3)11-9-15/h4-12,23H,13H2,1-3H3. The summed E-state index contributed by atoms with van der Waals surface area (Å²) in [5.41, 5.74) is 5.29. The fourth-order valence-corrected chi connectivity index (χ4v) is 3.16. The first kappa shape index (κ1) is 17.0. The van der Waals surface area contributed by atoms with Gasteiger partial charge in [0.15, 0.2) is 0 Å². The number of fused-ring (bicyclic) bond motifs is 1. The Balaban J connectivity index is 1.59. The summed E-state index contributed by atoms with van der Waals surface area (Å²) in [5, 5.41) is 9.58. The molecular formula is C21H21N5O. The van der Waals surface area contributed by atoms with Crippen molar-refractivity contribution in [3.63, 3.8) is 0 Å². The van der Waals surface area contributed by atoms with Gasteiger partial charge in [0, 0.05) is 29.2 Å². The summed E-state index contributed by atoms with van der Waals surface area (Å²) in [6.45, 7) is 2.81. The van der Waals surface area contributed by atoms with Gasteiger partial charge in [0.25, 0.3) is 0 Å². The van der Waals surface area contributed by atoms with Crippen molar-refractivity contribution in [1.82, 2.24) is 20.2 Å². The van der Waals surface area contributed by atoms with Crippen LogP contribution in [-0.4, -0.2) is 34.3 Å². The molecule has 136 valence electrons. The Hall–Kier alpha value is -3.41. The molecule has 0 aliphatic rings. The highest BCUT2D eigenvalue weighted by molar-refractivity contribution is 5.84. The Labute approximate surface area is 157 Å². The van der Waals surface area contributed by atoms with Crippen LogP contribution in [0.2, 0.25) is 0 Å². The van der Waals surface area contributed by atoms with E-state index in [1.807, 2.05) is 42.3 Å². The van der Waals surface area contributed by atoms with Gasteiger partial charge in [-0.25, -0.2) is 4.98 Å². The molecule has 1 N–H and O–H groups in total. The van der Waals surface area contributed by atoms with Gasteiger partial charge in [-0.2, -0.15) is 5.10 Å². The van der Waals surface area contributed by atoms with Crippen molar-refractivity contribution in [3.05, 3.63) is 66.0 Å². The van der Waals surface area contributed by atoms with Crippen molar-refractivity contribution >= 4 is 16.9 Å². The molecule has 4 rings (SSSR count). The van der Waals surface area contributed by atoms with E-state index in [9.17, 15) is 0 Å². The van der Waals surface area contributed by atoms with Crippen LogP contribution >= 0.6 is 0 Å². The van der Waals surface area contributed by atoms with E-state index in [0.717, 1.165) is 28.2 Å². The molecule has 0 saturated heterocycles. The molecule has 2 aromatic carbocycles. The molecule has 0 atom stereocenters. The molecule has 27 heavy (non-hydrogen) atoms. The number of para-hydroxylation sites is 1. The van der Waals surface area contributed by atoms with Crippen LogP contribution in [0, 0.1) is 6.92 Å². The second-order valence-corrected chi connectivity index (χ2v) is 6.50. The van der Waals surface area contributed by atoms with Crippen LogP contribution in [0.4, 0.5) is 5.95 Å². The van der Waals surface area contributed by atoms with Gasteiger partial charge in [-0.3, -0.25) is 0 Å². The second-order valence-electron chi connectivity index (χ2n) is 6.50. The summed E-state index contributed by atoms with van der Waals surface area (Å²) < 4.78 is 5.21. The lowest BCUT2D eigenvalue weighted by Crippen LogP contribution is -2.20. The predicted molar refractivity (Wildman–Crippen MR) is 107 cm³/mol. The molecule has 0 aliphatic carbocycles. The third-order valence-electron chi connectivity index (χ3n) is 4.74. The molecule has 0 spiro atoms. The Kier molecular flexibility index (Phi) is 4.46. The maximum Gasteiger partial charge on any atom is 0.246 e. The number of hydrogen-bond donors (Lipinski definition) is 1. The minimum Gasteiger partial charge on any atom is -0.497 e. The zero-order chi connectivity index (χ0) is 18.8. The largest absolute Gasteiger partial charge is 0.497 e. The number of hydrogen-bond acceptors (Lipinski definition) is 5. The molecule has 0 radical (unpaired) electrons. The maximum atomic E-state index is 5.21. The highest BCUT2D eigenvalue weighted by Crippen LogP contribution is 2.24. The van der Waals surface area contributed by atoms with Gasteiger partial charge in [-0.05, 0) is 42.8 Å². The molecule has 0 aliphatic heterocycles. The Morgan fingerprint density at radius 1 is 1.07 bits per heavy atom. The number of ether oxygens (including phenoxy) is 1. The van der Waals surface area contributed by atoms with Crippen LogP contribution < -0.4 is 9.64 Å². The number of nitrogens with zero attached hydrogens (tertiary/aromatic N) is 4. The van der Waals surface area contributed by atoms with E-state index in [2.05, 4.69) is 45.3 Å². The summed E-state index contributed by atoms with van der Waals surface area (Å²) in [6.07, 6.45) is 1.67. The fourth-order valence-electron chi connectivity index (χ4n) is 3.16. The molecule has 2 heterocycles. The van der Waals surface area contributed by atoms with Gasteiger partial charge in [0.2, 0.25) is 5.95 Å². The van der Waals surface area contributed by atoms with E-state index in [1.165, 1.54) is 10.9 Å². The smallest absolute Gasteiger partial charge is 0.246 e. The Bertz CT molecular complexity index is 1070. The summed E-state index contributed by atoms with van der Waals surface area (Å²) in [4.78, 5) is 10.2. The summed E-state index contributed by atoms with van der Waals surface area (Å²) >= 11 is 0. The van der Waals surface area contributed by atoms with Crippen molar-refractivity contribution in [3.8, 4) is 17.0 Å². The van der Waals surface area contributed by atoms with Crippen LogP contribution in [0.5, 0.6) is 5.75 Å². The van der Waals surface area contributed by atoms with Gasteiger partial charge >= 0.3 is 0 Å². The number of aromatic nitrogens is 4. The molecule has 6 heteroatoms. The van der Waals surface area contributed by atoms with Gasteiger partial charge in [0.05, 0.1) is 25.5 Å². The SMILES string of the molecule is COc1ccc(-c2cnnc(N(C)Cc3[nH]c4ccccc4c3C)n2)cc1. The topological polar surface area (TPSA) is 66.9 Å². The highest BCUT2D eigenvalue weighted by atomic mass is 16.5. The normalized spacial score (nSPS) is 10.9. The number of benzene rings is 2. The molecule has 0 unspecified atom stereocenters. The van der Waals surface area contributed by atoms with Gasteiger partial charge in [-0.1, -0.05) is 18.2 Å². The van der Waals surface area contributed by atoms with Crippen molar-refractivity contribution in [2.24, 2.45) is 0 Å². The summed E-state index contributed by atoms with van der Waals surface area (Å²) in [5.74, 6) is 1.40. The predicted octanol–water partition coefficient (Wildman–Crippen LogP) is 3.97. The highest BCUT2D eigenvalue weighted by Gasteiger charge is 2.13. The number of anilines is 1. The molecule has 2 aromatic heterocycles. The van der Waals surface area contributed by atoms with Crippen LogP contribution in [0.15, 0.2) is 54.7 Å². The first-order valence-electron chi connectivity index (χ1n) is 8.77. The maximum absolute atomic E-state index is 5.21. The zero-order valence-electron chi connectivity index (χ0n) is 15.6. The van der Waals surface area contributed by atoms with E-state index in [1.54, 1.807) is 13.3 Å². The number of aromatic amines is 1. The number of nitrogens with one attached hydrogen (secondary N) is 1. The van der Waals surface area contributed by atoms with E-state index in [-0.39, 0.29) is 0 Å². The van der Waals surface area contributed by atoms with E-state index >= 15 is 0 Å². The van der Waals surface area contributed by atoms with E-state index in [0.29, 0.717) is 12.5 Å². The number of aryl methyl sites for hydroxylation is 1. The monoisotopic (exact) mass is 359 g/mol. The molecule has 4 aromatic rings. The van der Waals surface area contributed by atoms with Gasteiger partial charge < -0.3 is 14.6 Å². The lowest BCUT2D eigenvalue weighted by atomic mass is 10.1. The molecule has 0 amide bonds. The van der Waals surface area contributed by atoms with Crippen molar-refractivity contribution in [2.75, 3.05) is 19.1 Å². The first-order valence-corrected chi connectivity index (χ1v) is 8.77. The lowest BCUT2D eigenvalue weighted by Gasteiger charge is -2.16. The van der Waals surface area contributed by atoms with Gasteiger partial charge in [0.1, 0.15) is 5.75 Å². The molecule has 0 saturated carbocycles. The quantitative estimate of drug-likeness (QED) is 0.584. The van der Waals surface area contributed by atoms with Crippen LogP contribution in [0.25, 0.3) is 22.2 Å². The van der Waals surface area contributed by atoms with Crippen molar-refractivity contribution in [1.29, 1.82) is 0 Å². The fraction of sp³-hybridized carbons (Fsp3) is 0.190. The first-order chi connectivity index (χ1) is 13.2. The lowest BCUT2D eigenvalue weighted by molar-refractivity contribution is 0.415. The van der Waals surface area contributed by atoms with Crippen LogP contribution in [0.1, 0.15) is 11.3 Å². The zero-order valence-corrected chi connectivity index (χ0v) is 15.6. The molecular weight excluding hydrogens is 338 g/mol. The molecule has 6 nitrogen and oxygen atoms in total. The average molecular weight is 359 g/mol. The molecule has 0 fully saturated rings. The molecule has 0 bridgehead atoms. The minimum absolute atomic E-state index is 0.585. The van der Waals surface area contributed by atoms with Crippen molar-refractivity contribution in [2.45, 2.75) is 13.5 Å². The minimum atomic E-state index is 0.585. The number of rotatable bonds is 5. The van der Waals surface area contributed by atoms with E-state index < -0.39 is 0 Å². The second kappa shape index (κ2) is 7.07. The van der Waals surface area contributed by atoms with Gasteiger partial charge in [-0.15, -0.1) is 5.10 Å². The Morgan fingerprint density at radius 2 is 1.85 bits per heavy atom. The number of H-pyrrole nitrogens is 1. The third kappa shape index (κ3) is 3.33. The average Bonchev–Trinajstić information content (AvgIpc) is 3.04. The summed E-state index contributed by atoms with van der Waals surface area (Å²) in [7, 11) is 3.63. The number of methoxy groups -OCH3 is 1. The Morgan fingerprint density at radius 3 is 2.59 bits per heavy atom. The summed E-state index contributed by atoms with van der Waals surface area (Å²) in [6, 6.07) is 16.1. The third-order valence-corrected chi connectivity index (χ3v) is 4.74. The van der Waals surface area contributed by atoms with Crippen molar-refractivity contribution < 1.29 is 4.74 Å². The van der Waals surface area contributed by atoms with Crippen LogP contribution in [0.3, 0.4) is 0 Å². The van der Waals surface area contributed by atoms with Crippen LogP contribution in [-0.2, 0) is 6.54 Å².